The Balaban J connectivity index is 1.56. The molecule has 208 valence electrons. The van der Waals surface area contributed by atoms with E-state index in [-0.39, 0.29) is 11.7 Å². The highest BCUT2D eigenvalue weighted by Gasteiger charge is 2.28. The number of hydrogen-bond donors (Lipinski definition) is 1. The first kappa shape index (κ1) is 29.0. The molecule has 1 N–H and O–H groups in total. The fourth-order valence-electron chi connectivity index (χ4n) is 5.30. The quantitative estimate of drug-likeness (QED) is 0.396. The third-order valence-corrected chi connectivity index (χ3v) is 11.0. The molecule has 0 saturated carbocycles. The lowest BCUT2D eigenvalue weighted by Gasteiger charge is -2.28. The minimum atomic E-state index is -3.66. The van der Waals surface area contributed by atoms with Gasteiger partial charge in [-0.05, 0) is 55.6 Å². The largest absolute Gasteiger partial charge is 0.279 e. The van der Waals surface area contributed by atoms with Crippen LogP contribution in [0.15, 0.2) is 72.8 Å². The van der Waals surface area contributed by atoms with Gasteiger partial charge in [-0.3, -0.25) is 0 Å². The fraction of sp³-hybridized carbons (Fsp3) is 0.517. The number of piperidine rings is 2. The first-order valence-electron chi connectivity index (χ1n) is 13.8. The van der Waals surface area contributed by atoms with Crippen LogP contribution in [0.4, 0.5) is 0 Å². The van der Waals surface area contributed by atoms with E-state index in [1.807, 2.05) is 72.8 Å². The molecule has 7 nitrogen and oxygen atoms in total. The Bertz CT molecular complexity index is 1130. The van der Waals surface area contributed by atoms with Crippen molar-refractivity contribution in [3.8, 4) is 0 Å². The summed E-state index contributed by atoms with van der Waals surface area (Å²) in [5, 5.41) is 0. The van der Waals surface area contributed by atoms with Gasteiger partial charge in [0.15, 0.2) is 0 Å². The first-order chi connectivity index (χ1) is 18.3. The smallest absolute Gasteiger partial charge is 0.212 e. The molecule has 2 aromatic carbocycles. The topological polar surface area (TPSA) is 86.8 Å². The van der Waals surface area contributed by atoms with Crippen molar-refractivity contribution < 1.29 is 16.8 Å². The van der Waals surface area contributed by atoms with Crippen LogP contribution in [0.3, 0.4) is 0 Å². The molecule has 2 aliphatic rings. The number of allylic oxidation sites excluding steroid dienone is 1. The molecule has 0 unspecified atom stereocenters. The molecule has 2 heterocycles. The monoisotopic (exact) mass is 559 g/mol. The normalized spacial score (nSPS) is 19.9. The summed E-state index contributed by atoms with van der Waals surface area (Å²) in [5.74, 6) is -0.267. The predicted octanol–water partition coefficient (Wildman–Crippen LogP) is 4.15. The maximum Gasteiger partial charge on any atom is 0.279 e. The maximum atomic E-state index is 13.3. The molecule has 9 heteroatoms. The van der Waals surface area contributed by atoms with Gasteiger partial charge < -0.3 is 0 Å². The second-order valence-corrected chi connectivity index (χ2v) is 14.2. The molecular weight excluding hydrogens is 518 g/mol. The molecule has 4 rings (SSSR count). The maximum absolute atomic E-state index is 13.3. The molecular formula is C29H41N3O4S2. The van der Waals surface area contributed by atoms with Crippen molar-refractivity contribution in [2.24, 2.45) is 5.92 Å². The van der Waals surface area contributed by atoms with Gasteiger partial charge in [-0.15, -0.1) is 0 Å². The third-order valence-electron chi connectivity index (χ3n) is 7.34. The third kappa shape index (κ3) is 8.74. The summed E-state index contributed by atoms with van der Waals surface area (Å²) in [6, 6.07) is 19.2. The highest BCUT2D eigenvalue weighted by atomic mass is 32.2. The van der Waals surface area contributed by atoms with Gasteiger partial charge in [0.2, 0.25) is 10.0 Å². The Labute approximate surface area is 229 Å². The Morgan fingerprint density at radius 1 is 0.658 bits per heavy atom. The van der Waals surface area contributed by atoms with Gasteiger partial charge in [0.25, 0.3) is 10.2 Å². The van der Waals surface area contributed by atoms with Crippen molar-refractivity contribution in [1.82, 2.24) is 13.3 Å². The van der Waals surface area contributed by atoms with Gasteiger partial charge in [-0.2, -0.15) is 17.4 Å². The second kappa shape index (κ2) is 13.8. The van der Waals surface area contributed by atoms with Crippen molar-refractivity contribution in [3.63, 3.8) is 0 Å². The Morgan fingerprint density at radius 2 is 1.16 bits per heavy atom. The molecule has 0 radical (unpaired) electrons. The predicted molar refractivity (Wildman–Crippen MR) is 153 cm³/mol. The van der Waals surface area contributed by atoms with E-state index >= 15 is 0 Å². The number of rotatable bonds is 12. The van der Waals surface area contributed by atoms with E-state index < -0.39 is 26.3 Å². The molecule has 0 amide bonds. The van der Waals surface area contributed by atoms with Crippen LogP contribution in [-0.2, 0) is 33.1 Å². The van der Waals surface area contributed by atoms with Crippen LogP contribution in [0, 0.1) is 5.92 Å². The van der Waals surface area contributed by atoms with Crippen LogP contribution in [0.1, 0.15) is 49.7 Å². The summed E-state index contributed by atoms with van der Waals surface area (Å²) in [6.45, 7) is 2.22. The van der Waals surface area contributed by atoms with Crippen molar-refractivity contribution in [2.45, 2.75) is 57.4 Å². The molecule has 2 fully saturated rings. The summed E-state index contributed by atoms with van der Waals surface area (Å²) >= 11 is 0. The van der Waals surface area contributed by atoms with E-state index in [1.165, 1.54) is 4.31 Å². The van der Waals surface area contributed by atoms with E-state index in [0.717, 1.165) is 49.7 Å². The molecule has 0 aromatic heterocycles. The lowest BCUT2D eigenvalue weighted by atomic mass is 9.98. The lowest BCUT2D eigenvalue weighted by Crippen LogP contribution is -2.47. The van der Waals surface area contributed by atoms with Crippen molar-refractivity contribution in [1.29, 1.82) is 0 Å². The van der Waals surface area contributed by atoms with Gasteiger partial charge in [0.05, 0.1) is 5.75 Å². The summed E-state index contributed by atoms with van der Waals surface area (Å²) in [5.41, 5.74) is 2.08. The van der Waals surface area contributed by atoms with Crippen LogP contribution in [-0.4, -0.2) is 63.4 Å². The standard InChI is InChI=1S/C29H41N3O4S2/c33-37(34,31-19-9-3-10-20-31)25-28(23-26-13-5-1-6-14-26)17-18-29(24-27-15-7-2-8-16-27)30-38(35,36)32-21-11-4-12-22-32/h1-2,5-8,13-18,28-30H,3-4,9-12,19-25H2/b18-17+/t28-,29-/m1/s1. The van der Waals surface area contributed by atoms with Crippen LogP contribution in [0.2, 0.25) is 0 Å². The lowest BCUT2D eigenvalue weighted by molar-refractivity contribution is 0.340. The molecule has 2 aliphatic heterocycles. The summed E-state index contributed by atoms with van der Waals surface area (Å²) in [6.07, 6.45) is 10.5. The molecule has 2 aromatic rings. The highest BCUT2D eigenvalue weighted by molar-refractivity contribution is 7.89. The average Bonchev–Trinajstić information content (AvgIpc) is 2.93. The van der Waals surface area contributed by atoms with Crippen molar-refractivity contribution >= 4 is 20.2 Å². The van der Waals surface area contributed by atoms with Gasteiger partial charge >= 0.3 is 0 Å². The average molecular weight is 560 g/mol. The van der Waals surface area contributed by atoms with Crippen LogP contribution >= 0.6 is 0 Å². The van der Waals surface area contributed by atoms with Gasteiger partial charge in [0.1, 0.15) is 0 Å². The highest BCUT2D eigenvalue weighted by Crippen LogP contribution is 2.20. The summed E-state index contributed by atoms with van der Waals surface area (Å²) < 4.78 is 59.2. The van der Waals surface area contributed by atoms with E-state index in [0.29, 0.717) is 39.0 Å². The number of benzene rings is 2. The molecule has 0 aliphatic carbocycles. The van der Waals surface area contributed by atoms with E-state index in [1.54, 1.807) is 4.31 Å². The number of nitrogens with zero attached hydrogens (tertiary/aromatic N) is 2. The zero-order valence-electron chi connectivity index (χ0n) is 22.1. The first-order valence-corrected chi connectivity index (χ1v) is 16.9. The zero-order chi connectivity index (χ0) is 26.8. The van der Waals surface area contributed by atoms with Crippen LogP contribution in [0.25, 0.3) is 0 Å². The zero-order valence-corrected chi connectivity index (χ0v) is 23.8. The number of nitrogens with one attached hydrogen (secondary N) is 1. The van der Waals surface area contributed by atoms with Gasteiger partial charge in [-0.1, -0.05) is 85.7 Å². The van der Waals surface area contributed by atoms with E-state index in [4.69, 9.17) is 0 Å². The van der Waals surface area contributed by atoms with Gasteiger partial charge in [0, 0.05) is 32.2 Å². The van der Waals surface area contributed by atoms with Crippen LogP contribution in [0.5, 0.6) is 0 Å². The fourth-order valence-corrected chi connectivity index (χ4v) is 8.53. The minimum absolute atomic E-state index is 0.00925. The number of hydrogen-bond acceptors (Lipinski definition) is 4. The van der Waals surface area contributed by atoms with Crippen molar-refractivity contribution in [2.75, 3.05) is 31.9 Å². The molecule has 38 heavy (non-hydrogen) atoms. The molecule has 2 atom stereocenters. The Morgan fingerprint density at radius 3 is 1.71 bits per heavy atom. The number of sulfonamides is 1. The minimum Gasteiger partial charge on any atom is -0.212 e. The summed E-state index contributed by atoms with van der Waals surface area (Å²) in [7, 11) is -7.08. The van der Waals surface area contributed by atoms with E-state index in [9.17, 15) is 16.8 Å². The molecule has 2 saturated heterocycles. The SMILES string of the molecule is O=S(=O)(C[C@H](/C=C/[C@H](Cc1ccccc1)NS(=O)(=O)N1CCCCC1)Cc1ccccc1)N1CCCCC1. The van der Waals surface area contributed by atoms with Gasteiger partial charge in [-0.25, -0.2) is 12.7 Å². The Kier molecular flexibility index (Phi) is 10.6. The molecule has 0 spiro atoms. The van der Waals surface area contributed by atoms with Crippen LogP contribution < -0.4 is 4.72 Å². The Hall–Kier alpha value is -2.04. The summed E-state index contributed by atoms with van der Waals surface area (Å²) in [4.78, 5) is 0. The van der Waals surface area contributed by atoms with Crippen molar-refractivity contribution in [3.05, 3.63) is 83.9 Å². The molecule has 0 bridgehead atoms. The second-order valence-electron chi connectivity index (χ2n) is 10.5. The van der Waals surface area contributed by atoms with E-state index in [2.05, 4.69) is 4.72 Å².